The van der Waals surface area contributed by atoms with E-state index >= 15 is 0 Å². The average molecular weight is 356 g/mol. The molecule has 2 aliphatic heterocycles. The zero-order chi connectivity index (χ0) is 18.1. The highest BCUT2D eigenvalue weighted by atomic mass is 16.5. The van der Waals surface area contributed by atoms with Gasteiger partial charge in [-0.1, -0.05) is 12.1 Å². The van der Waals surface area contributed by atoms with Gasteiger partial charge in [0.15, 0.2) is 5.76 Å². The highest BCUT2D eigenvalue weighted by molar-refractivity contribution is 5.99. The molecular formula is C21H28N2O3. The standard InChI is InChI=1S/C21H28N2O3/c1-14-5-6-18-15(2)20(26-19(18)12-14)21(24)22-16-7-9-23(10-8-16)13-17-4-3-11-25-17/h5-6,12,16-17H,3-4,7-11,13H2,1-2H3,(H,22,24)/t17-/m1/s1. The van der Waals surface area contributed by atoms with Crippen LogP contribution < -0.4 is 5.32 Å². The summed E-state index contributed by atoms with van der Waals surface area (Å²) in [4.78, 5) is 15.2. The zero-order valence-electron chi connectivity index (χ0n) is 15.7. The van der Waals surface area contributed by atoms with Crippen LogP contribution in [-0.2, 0) is 4.74 Å². The van der Waals surface area contributed by atoms with Gasteiger partial charge < -0.3 is 19.4 Å². The summed E-state index contributed by atoms with van der Waals surface area (Å²) < 4.78 is 11.6. The first kappa shape index (κ1) is 17.6. The number of fused-ring (bicyclic) bond motifs is 1. The summed E-state index contributed by atoms with van der Waals surface area (Å²) in [5.41, 5.74) is 2.85. The number of rotatable bonds is 4. The molecule has 0 saturated carbocycles. The first-order valence-electron chi connectivity index (χ1n) is 9.75. The number of ether oxygens (including phenoxy) is 1. The fourth-order valence-electron chi connectivity index (χ4n) is 4.14. The van der Waals surface area contributed by atoms with Gasteiger partial charge in [-0.05, 0) is 51.2 Å². The molecule has 26 heavy (non-hydrogen) atoms. The Morgan fingerprint density at radius 2 is 2.04 bits per heavy atom. The summed E-state index contributed by atoms with van der Waals surface area (Å²) >= 11 is 0. The molecule has 3 heterocycles. The molecule has 2 aromatic rings. The van der Waals surface area contributed by atoms with Crippen LogP contribution in [0.2, 0.25) is 0 Å². The molecule has 0 unspecified atom stereocenters. The van der Waals surface area contributed by atoms with Gasteiger partial charge >= 0.3 is 0 Å². The number of likely N-dealkylation sites (tertiary alicyclic amines) is 1. The number of piperidine rings is 1. The van der Waals surface area contributed by atoms with Crippen LogP contribution in [0, 0.1) is 13.8 Å². The molecule has 5 heteroatoms. The second kappa shape index (κ2) is 7.41. The van der Waals surface area contributed by atoms with Crippen LogP contribution in [0.15, 0.2) is 22.6 Å². The molecule has 1 atom stereocenters. The lowest BCUT2D eigenvalue weighted by molar-refractivity contribution is 0.0610. The van der Waals surface area contributed by atoms with Gasteiger partial charge in [-0.25, -0.2) is 0 Å². The lowest BCUT2D eigenvalue weighted by atomic mass is 10.0. The minimum Gasteiger partial charge on any atom is -0.451 e. The summed E-state index contributed by atoms with van der Waals surface area (Å²) in [5, 5.41) is 4.20. The SMILES string of the molecule is Cc1ccc2c(C)c(C(=O)NC3CCN(C[C@H]4CCCO4)CC3)oc2c1. The Labute approximate surface area is 154 Å². The van der Waals surface area contributed by atoms with Crippen molar-refractivity contribution in [3.8, 4) is 0 Å². The van der Waals surface area contributed by atoms with Crippen LogP contribution in [0.4, 0.5) is 0 Å². The molecule has 0 spiro atoms. The molecule has 4 rings (SSSR count). The lowest BCUT2D eigenvalue weighted by Gasteiger charge is -2.33. The summed E-state index contributed by atoms with van der Waals surface area (Å²) in [6.45, 7) is 7.96. The smallest absolute Gasteiger partial charge is 0.287 e. The third kappa shape index (κ3) is 3.64. The van der Waals surface area contributed by atoms with Crippen molar-refractivity contribution in [1.82, 2.24) is 10.2 Å². The Bertz CT molecular complexity index is 784. The summed E-state index contributed by atoms with van der Waals surface area (Å²) in [6, 6.07) is 6.29. The molecular weight excluding hydrogens is 328 g/mol. The van der Waals surface area contributed by atoms with Crippen molar-refractivity contribution in [2.75, 3.05) is 26.2 Å². The molecule has 2 aliphatic rings. The van der Waals surface area contributed by atoms with Crippen molar-refractivity contribution in [2.24, 2.45) is 0 Å². The van der Waals surface area contributed by atoms with E-state index in [9.17, 15) is 4.79 Å². The van der Waals surface area contributed by atoms with E-state index in [0.717, 1.165) is 61.2 Å². The summed E-state index contributed by atoms with van der Waals surface area (Å²) in [7, 11) is 0. The lowest BCUT2D eigenvalue weighted by Crippen LogP contribution is -2.46. The Morgan fingerprint density at radius 3 is 2.77 bits per heavy atom. The number of benzene rings is 1. The number of furan rings is 1. The minimum absolute atomic E-state index is 0.0890. The monoisotopic (exact) mass is 356 g/mol. The van der Waals surface area contributed by atoms with Crippen molar-refractivity contribution < 1.29 is 13.9 Å². The number of nitrogens with zero attached hydrogens (tertiary/aromatic N) is 1. The van der Waals surface area contributed by atoms with Gasteiger partial charge in [0.1, 0.15) is 5.58 Å². The molecule has 1 aromatic heterocycles. The number of carbonyl (C=O) groups excluding carboxylic acids is 1. The van der Waals surface area contributed by atoms with Crippen molar-refractivity contribution in [3.63, 3.8) is 0 Å². The number of hydrogen-bond acceptors (Lipinski definition) is 4. The van der Waals surface area contributed by atoms with E-state index in [1.54, 1.807) is 0 Å². The van der Waals surface area contributed by atoms with E-state index in [1.807, 2.05) is 26.0 Å². The number of aryl methyl sites for hydroxylation is 2. The van der Waals surface area contributed by atoms with E-state index in [-0.39, 0.29) is 11.9 Å². The topological polar surface area (TPSA) is 54.7 Å². The molecule has 1 amide bonds. The quantitative estimate of drug-likeness (QED) is 0.912. The normalized spacial score (nSPS) is 22.2. The molecule has 2 fully saturated rings. The van der Waals surface area contributed by atoms with Gasteiger partial charge in [0.05, 0.1) is 6.10 Å². The Hall–Kier alpha value is -1.85. The van der Waals surface area contributed by atoms with E-state index in [4.69, 9.17) is 9.15 Å². The van der Waals surface area contributed by atoms with Gasteiger partial charge in [-0.15, -0.1) is 0 Å². The molecule has 0 radical (unpaired) electrons. The molecule has 140 valence electrons. The second-order valence-electron chi connectivity index (χ2n) is 7.74. The number of carbonyl (C=O) groups is 1. The maximum absolute atomic E-state index is 12.7. The summed E-state index contributed by atoms with van der Waals surface area (Å²) in [5.74, 6) is 0.362. The molecule has 1 N–H and O–H groups in total. The van der Waals surface area contributed by atoms with Crippen LogP contribution in [0.25, 0.3) is 11.0 Å². The number of amides is 1. The van der Waals surface area contributed by atoms with Gasteiger partial charge in [0, 0.05) is 43.2 Å². The molecule has 1 aromatic carbocycles. The van der Waals surface area contributed by atoms with Gasteiger partial charge in [0.25, 0.3) is 5.91 Å². The fourth-order valence-corrected chi connectivity index (χ4v) is 4.14. The molecule has 0 aliphatic carbocycles. The Kier molecular flexibility index (Phi) is 5.00. The first-order valence-corrected chi connectivity index (χ1v) is 9.75. The Balaban J connectivity index is 1.34. The molecule has 2 saturated heterocycles. The average Bonchev–Trinajstić information content (AvgIpc) is 3.24. The molecule has 0 bridgehead atoms. The van der Waals surface area contributed by atoms with E-state index in [1.165, 1.54) is 12.8 Å². The molecule has 5 nitrogen and oxygen atoms in total. The van der Waals surface area contributed by atoms with Crippen LogP contribution in [0.3, 0.4) is 0 Å². The zero-order valence-corrected chi connectivity index (χ0v) is 15.7. The maximum Gasteiger partial charge on any atom is 0.287 e. The third-order valence-corrected chi connectivity index (χ3v) is 5.71. The minimum atomic E-state index is -0.0890. The van der Waals surface area contributed by atoms with E-state index < -0.39 is 0 Å². The van der Waals surface area contributed by atoms with Gasteiger partial charge in [-0.2, -0.15) is 0 Å². The predicted octanol–water partition coefficient (Wildman–Crippen LogP) is 3.42. The number of nitrogens with one attached hydrogen (secondary N) is 1. The van der Waals surface area contributed by atoms with Crippen LogP contribution in [-0.4, -0.2) is 49.2 Å². The highest BCUT2D eigenvalue weighted by Crippen LogP contribution is 2.26. The Morgan fingerprint density at radius 1 is 1.23 bits per heavy atom. The van der Waals surface area contributed by atoms with Crippen LogP contribution in [0.1, 0.15) is 47.4 Å². The van der Waals surface area contributed by atoms with E-state index in [2.05, 4.69) is 16.3 Å². The largest absolute Gasteiger partial charge is 0.451 e. The van der Waals surface area contributed by atoms with Gasteiger partial charge in [0.2, 0.25) is 0 Å². The summed E-state index contributed by atoms with van der Waals surface area (Å²) in [6.07, 6.45) is 4.74. The number of hydrogen-bond donors (Lipinski definition) is 1. The first-order chi connectivity index (χ1) is 12.6. The highest BCUT2D eigenvalue weighted by Gasteiger charge is 2.26. The van der Waals surface area contributed by atoms with Crippen molar-refractivity contribution in [3.05, 3.63) is 35.1 Å². The predicted molar refractivity (Wildman–Crippen MR) is 102 cm³/mol. The van der Waals surface area contributed by atoms with Crippen LogP contribution >= 0.6 is 0 Å². The maximum atomic E-state index is 12.7. The van der Waals surface area contributed by atoms with Crippen molar-refractivity contribution in [2.45, 2.75) is 51.7 Å². The second-order valence-corrected chi connectivity index (χ2v) is 7.74. The van der Waals surface area contributed by atoms with Gasteiger partial charge in [-0.3, -0.25) is 4.79 Å². The van der Waals surface area contributed by atoms with Crippen LogP contribution in [0.5, 0.6) is 0 Å². The fraction of sp³-hybridized carbons (Fsp3) is 0.571. The van der Waals surface area contributed by atoms with Crippen molar-refractivity contribution in [1.29, 1.82) is 0 Å². The third-order valence-electron chi connectivity index (χ3n) is 5.71. The van der Waals surface area contributed by atoms with Crippen molar-refractivity contribution >= 4 is 16.9 Å². The van der Waals surface area contributed by atoms with E-state index in [0.29, 0.717) is 11.9 Å².